The van der Waals surface area contributed by atoms with Crippen LogP contribution in [0.25, 0.3) is 0 Å². The van der Waals surface area contributed by atoms with Gasteiger partial charge in [-0.05, 0) is 24.1 Å². The minimum Gasteiger partial charge on any atom is -0.302 e. The highest BCUT2D eigenvalue weighted by molar-refractivity contribution is 6.18. The molecule has 1 atom stereocenters. The van der Waals surface area contributed by atoms with E-state index in [1.54, 1.807) is 5.56 Å². The first-order chi connectivity index (χ1) is 7.35. The summed E-state index contributed by atoms with van der Waals surface area (Å²) >= 11 is 5.78. The molecule has 0 saturated heterocycles. The summed E-state index contributed by atoms with van der Waals surface area (Å²) < 4.78 is 0. The lowest BCUT2D eigenvalue weighted by molar-refractivity contribution is 0.274. The Morgan fingerprint density at radius 1 is 1.40 bits per heavy atom. The van der Waals surface area contributed by atoms with Gasteiger partial charge in [0, 0.05) is 24.9 Å². The van der Waals surface area contributed by atoms with Crippen LogP contribution in [0.2, 0.25) is 0 Å². The fraction of sp³-hybridized carbons (Fsp3) is 0.538. The van der Waals surface area contributed by atoms with Crippen molar-refractivity contribution in [1.29, 1.82) is 0 Å². The standard InChI is InChI=1S/C13H18ClN/c1-2-15(8-7-14)10-12-9-11-5-3-4-6-13(11)12/h3-6,12H,2,7-10H2,1H3. The molecule has 0 bridgehead atoms. The third kappa shape index (κ3) is 2.35. The Kier molecular flexibility index (Phi) is 3.66. The second kappa shape index (κ2) is 5.00. The van der Waals surface area contributed by atoms with Gasteiger partial charge in [0.2, 0.25) is 0 Å². The highest BCUT2D eigenvalue weighted by atomic mass is 35.5. The number of nitrogens with zero attached hydrogens (tertiary/aromatic N) is 1. The number of halogens is 1. The molecule has 0 amide bonds. The summed E-state index contributed by atoms with van der Waals surface area (Å²) in [4.78, 5) is 2.44. The Morgan fingerprint density at radius 3 is 2.87 bits per heavy atom. The molecule has 0 spiro atoms. The van der Waals surface area contributed by atoms with Gasteiger partial charge in [0.15, 0.2) is 0 Å². The monoisotopic (exact) mass is 223 g/mol. The molecule has 1 aromatic carbocycles. The largest absolute Gasteiger partial charge is 0.302 e. The third-order valence-electron chi connectivity index (χ3n) is 3.29. The summed E-state index contributed by atoms with van der Waals surface area (Å²) in [5.74, 6) is 1.48. The van der Waals surface area contributed by atoms with Gasteiger partial charge in [-0.15, -0.1) is 11.6 Å². The van der Waals surface area contributed by atoms with Crippen molar-refractivity contribution in [2.75, 3.05) is 25.5 Å². The summed E-state index contributed by atoms with van der Waals surface area (Å²) in [6.45, 7) is 5.49. The van der Waals surface area contributed by atoms with Crippen LogP contribution in [0, 0.1) is 0 Å². The van der Waals surface area contributed by atoms with Crippen LogP contribution in [-0.4, -0.2) is 30.4 Å². The summed E-state index contributed by atoms with van der Waals surface area (Å²) in [5.41, 5.74) is 3.08. The minimum atomic E-state index is 0.738. The van der Waals surface area contributed by atoms with Crippen molar-refractivity contribution in [3.8, 4) is 0 Å². The SMILES string of the molecule is CCN(CCCl)CC1Cc2ccccc21. The van der Waals surface area contributed by atoms with Crippen LogP contribution in [-0.2, 0) is 6.42 Å². The smallest absolute Gasteiger partial charge is 0.0351 e. The molecule has 1 aliphatic rings. The van der Waals surface area contributed by atoms with Gasteiger partial charge in [0.05, 0.1) is 0 Å². The van der Waals surface area contributed by atoms with Crippen LogP contribution in [0.15, 0.2) is 24.3 Å². The van der Waals surface area contributed by atoms with Gasteiger partial charge in [0.25, 0.3) is 0 Å². The molecule has 0 saturated carbocycles. The molecule has 0 aromatic heterocycles. The van der Waals surface area contributed by atoms with E-state index in [0.29, 0.717) is 0 Å². The summed E-state index contributed by atoms with van der Waals surface area (Å²) in [6, 6.07) is 8.77. The minimum absolute atomic E-state index is 0.738. The quantitative estimate of drug-likeness (QED) is 0.694. The van der Waals surface area contributed by atoms with E-state index < -0.39 is 0 Å². The lowest BCUT2D eigenvalue weighted by Crippen LogP contribution is -2.34. The molecule has 0 heterocycles. The van der Waals surface area contributed by atoms with Gasteiger partial charge < -0.3 is 4.90 Å². The second-order valence-electron chi connectivity index (χ2n) is 4.18. The molecular formula is C13H18ClN. The first-order valence-corrected chi connectivity index (χ1v) is 6.24. The summed E-state index contributed by atoms with van der Waals surface area (Å²) in [5, 5.41) is 0. The Balaban J connectivity index is 1.93. The Bertz CT molecular complexity index is 324. The van der Waals surface area contributed by atoms with Crippen molar-refractivity contribution in [2.45, 2.75) is 19.3 Å². The molecule has 1 aliphatic carbocycles. The van der Waals surface area contributed by atoms with Crippen molar-refractivity contribution in [3.05, 3.63) is 35.4 Å². The van der Waals surface area contributed by atoms with E-state index in [0.717, 1.165) is 24.9 Å². The van der Waals surface area contributed by atoms with Gasteiger partial charge in [-0.1, -0.05) is 31.2 Å². The fourth-order valence-corrected chi connectivity index (χ4v) is 2.57. The van der Waals surface area contributed by atoms with Crippen molar-refractivity contribution in [1.82, 2.24) is 4.90 Å². The second-order valence-corrected chi connectivity index (χ2v) is 4.56. The maximum Gasteiger partial charge on any atom is 0.0351 e. The van der Waals surface area contributed by atoms with E-state index in [2.05, 4.69) is 36.1 Å². The van der Waals surface area contributed by atoms with E-state index in [9.17, 15) is 0 Å². The number of hydrogen-bond donors (Lipinski definition) is 0. The highest BCUT2D eigenvalue weighted by Gasteiger charge is 2.26. The van der Waals surface area contributed by atoms with E-state index in [-0.39, 0.29) is 0 Å². The van der Waals surface area contributed by atoms with Gasteiger partial charge >= 0.3 is 0 Å². The first kappa shape index (κ1) is 11.0. The number of hydrogen-bond acceptors (Lipinski definition) is 1. The maximum absolute atomic E-state index is 5.78. The normalized spacial score (nSPS) is 18.7. The molecule has 15 heavy (non-hydrogen) atoms. The number of benzene rings is 1. The summed E-state index contributed by atoms with van der Waals surface area (Å²) in [6.07, 6.45) is 1.24. The van der Waals surface area contributed by atoms with Crippen LogP contribution in [0.5, 0.6) is 0 Å². The van der Waals surface area contributed by atoms with Crippen LogP contribution in [0.3, 0.4) is 0 Å². The molecule has 2 heteroatoms. The number of rotatable bonds is 5. The predicted octanol–water partition coefficient (Wildman–Crippen LogP) is 2.89. The Hall–Kier alpha value is -0.530. The third-order valence-corrected chi connectivity index (χ3v) is 3.46. The number of fused-ring (bicyclic) bond motifs is 1. The van der Waals surface area contributed by atoms with Crippen LogP contribution >= 0.6 is 11.6 Å². The molecule has 1 nitrogen and oxygen atoms in total. The van der Waals surface area contributed by atoms with E-state index >= 15 is 0 Å². The zero-order valence-electron chi connectivity index (χ0n) is 9.25. The summed E-state index contributed by atoms with van der Waals surface area (Å²) in [7, 11) is 0. The lowest BCUT2D eigenvalue weighted by atomic mass is 9.77. The van der Waals surface area contributed by atoms with Crippen LogP contribution in [0.1, 0.15) is 24.0 Å². The molecular weight excluding hydrogens is 206 g/mol. The Labute approximate surface area is 97.0 Å². The van der Waals surface area contributed by atoms with Gasteiger partial charge in [0.1, 0.15) is 0 Å². The van der Waals surface area contributed by atoms with E-state index in [1.807, 2.05) is 0 Å². The lowest BCUT2D eigenvalue weighted by Gasteiger charge is -2.34. The molecule has 82 valence electrons. The van der Waals surface area contributed by atoms with Crippen molar-refractivity contribution < 1.29 is 0 Å². The molecule has 1 unspecified atom stereocenters. The molecule has 0 aliphatic heterocycles. The highest BCUT2D eigenvalue weighted by Crippen LogP contribution is 2.35. The van der Waals surface area contributed by atoms with Gasteiger partial charge in [-0.2, -0.15) is 0 Å². The molecule has 2 rings (SSSR count). The van der Waals surface area contributed by atoms with Crippen molar-refractivity contribution in [2.24, 2.45) is 0 Å². The molecule has 0 N–H and O–H groups in total. The number of alkyl halides is 1. The predicted molar refractivity (Wildman–Crippen MR) is 65.7 cm³/mol. The molecule has 0 radical (unpaired) electrons. The average molecular weight is 224 g/mol. The zero-order valence-corrected chi connectivity index (χ0v) is 10.0. The van der Waals surface area contributed by atoms with Crippen molar-refractivity contribution in [3.63, 3.8) is 0 Å². The van der Waals surface area contributed by atoms with Crippen LogP contribution < -0.4 is 0 Å². The first-order valence-electron chi connectivity index (χ1n) is 5.71. The van der Waals surface area contributed by atoms with Crippen LogP contribution in [0.4, 0.5) is 0 Å². The van der Waals surface area contributed by atoms with Crippen molar-refractivity contribution >= 4 is 11.6 Å². The Morgan fingerprint density at radius 2 is 2.20 bits per heavy atom. The van der Waals surface area contributed by atoms with E-state index in [4.69, 9.17) is 11.6 Å². The fourth-order valence-electron chi connectivity index (χ4n) is 2.34. The average Bonchev–Trinajstić information content (AvgIpc) is 2.24. The zero-order chi connectivity index (χ0) is 10.7. The van der Waals surface area contributed by atoms with E-state index in [1.165, 1.54) is 18.5 Å². The van der Waals surface area contributed by atoms with Gasteiger partial charge in [-0.25, -0.2) is 0 Å². The molecule has 1 aromatic rings. The molecule has 0 fully saturated rings. The maximum atomic E-state index is 5.78. The van der Waals surface area contributed by atoms with Gasteiger partial charge in [-0.3, -0.25) is 0 Å². The number of likely N-dealkylation sites (N-methyl/N-ethyl adjacent to an activating group) is 1. The topological polar surface area (TPSA) is 3.24 Å².